The van der Waals surface area contributed by atoms with Crippen LogP contribution in [-0.2, 0) is 4.79 Å². The van der Waals surface area contributed by atoms with Gasteiger partial charge in [0, 0.05) is 6.42 Å². The van der Waals surface area contributed by atoms with Crippen LogP contribution in [-0.4, -0.2) is 36.6 Å². The van der Waals surface area contributed by atoms with Crippen LogP contribution >= 0.6 is 0 Å². The third-order valence-corrected chi connectivity index (χ3v) is 2.13. The number of unbranched alkanes of at least 4 members (excludes halogenated alkanes) is 4. The van der Waals surface area contributed by atoms with Crippen LogP contribution in [0.3, 0.4) is 0 Å². The van der Waals surface area contributed by atoms with E-state index in [9.17, 15) is 4.79 Å². The van der Waals surface area contributed by atoms with Crippen molar-refractivity contribution in [2.45, 2.75) is 52.4 Å². The molecule has 0 aromatic rings. The van der Waals surface area contributed by atoms with Gasteiger partial charge in [0.2, 0.25) is 0 Å². The van der Waals surface area contributed by atoms with Crippen LogP contribution in [0.2, 0.25) is 0 Å². The van der Waals surface area contributed by atoms with Gasteiger partial charge in [0.15, 0.2) is 0 Å². The van der Waals surface area contributed by atoms with Gasteiger partial charge in [0.05, 0.1) is 0 Å². The maximum atomic E-state index is 10.0. The molecule has 0 aliphatic rings. The van der Waals surface area contributed by atoms with Gasteiger partial charge >= 0.3 is 5.97 Å². The Morgan fingerprint density at radius 1 is 1.07 bits per heavy atom. The van der Waals surface area contributed by atoms with Crippen LogP contribution in [0.5, 0.6) is 0 Å². The van der Waals surface area contributed by atoms with E-state index in [0.717, 1.165) is 19.4 Å². The maximum absolute atomic E-state index is 10.0. The van der Waals surface area contributed by atoms with Crippen molar-refractivity contribution in [2.75, 3.05) is 20.6 Å². The van der Waals surface area contributed by atoms with Crippen molar-refractivity contribution in [1.29, 1.82) is 0 Å². The Labute approximate surface area is 94.5 Å². The summed E-state index contributed by atoms with van der Waals surface area (Å²) in [4.78, 5) is 12.2. The number of rotatable bonds is 7. The molecule has 15 heavy (non-hydrogen) atoms. The third kappa shape index (κ3) is 24.7. The predicted octanol–water partition coefficient (Wildman–Crippen LogP) is 3.00. The van der Waals surface area contributed by atoms with Crippen molar-refractivity contribution in [2.24, 2.45) is 0 Å². The second kappa shape index (κ2) is 13.4. The molecule has 0 amide bonds. The lowest BCUT2D eigenvalue weighted by atomic mass is 10.1. The molecule has 0 bridgehead atoms. The number of aliphatic carboxylic acids is 1. The summed E-state index contributed by atoms with van der Waals surface area (Å²) in [6.45, 7) is 5.41. The summed E-state index contributed by atoms with van der Waals surface area (Å²) in [5.41, 5.74) is 0. The Kier molecular flexibility index (Phi) is 15.1. The average molecular weight is 217 g/mol. The Morgan fingerprint density at radius 3 is 1.87 bits per heavy atom. The molecule has 0 aromatic carbocycles. The van der Waals surface area contributed by atoms with Crippen LogP contribution in [0.25, 0.3) is 0 Å². The van der Waals surface area contributed by atoms with Crippen molar-refractivity contribution in [3.05, 3.63) is 0 Å². The Bertz CT molecular complexity index is 136. The first-order valence-electron chi connectivity index (χ1n) is 5.91. The highest BCUT2D eigenvalue weighted by Crippen LogP contribution is 2.04. The van der Waals surface area contributed by atoms with E-state index in [-0.39, 0.29) is 0 Å². The lowest BCUT2D eigenvalue weighted by Gasteiger charge is -2.00. The summed E-state index contributed by atoms with van der Waals surface area (Å²) < 4.78 is 0. The van der Waals surface area contributed by atoms with Gasteiger partial charge in [-0.3, -0.25) is 4.79 Å². The first-order chi connectivity index (χ1) is 7.04. The molecule has 0 rings (SSSR count). The zero-order valence-corrected chi connectivity index (χ0v) is 10.8. The standard InChI is InChI=1S/C8H16O2.C4H11N/c1-2-3-4-5-6-7-8(9)10;1-4-5(2)3/h2-7H2,1H3,(H,9,10);4H2,1-3H3. The molecule has 0 heterocycles. The Hall–Kier alpha value is -0.570. The highest BCUT2D eigenvalue weighted by molar-refractivity contribution is 5.66. The number of hydrogen-bond acceptors (Lipinski definition) is 2. The fourth-order valence-corrected chi connectivity index (χ4v) is 0.880. The Balaban J connectivity index is 0. The van der Waals surface area contributed by atoms with Crippen molar-refractivity contribution < 1.29 is 9.90 Å². The zero-order valence-electron chi connectivity index (χ0n) is 10.8. The molecule has 0 fully saturated rings. The first kappa shape index (κ1) is 16.8. The lowest BCUT2D eigenvalue weighted by molar-refractivity contribution is -0.137. The van der Waals surface area contributed by atoms with Gasteiger partial charge in [-0.15, -0.1) is 0 Å². The van der Waals surface area contributed by atoms with Gasteiger partial charge in [0.1, 0.15) is 0 Å². The van der Waals surface area contributed by atoms with Crippen molar-refractivity contribution in [3.63, 3.8) is 0 Å². The molecular formula is C12H27NO2. The quantitative estimate of drug-likeness (QED) is 0.666. The topological polar surface area (TPSA) is 40.5 Å². The number of nitrogens with zero attached hydrogens (tertiary/aromatic N) is 1. The van der Waals surface area contributed by atoms with Gasteiger partial charge in [-0.2, -0.15) is 0 Å². The molecule has 0 radical (unpaired) electrons. The molecule has 0 saturated heterocycles. The summed E-state index contributed by atoms with van der Waals surface area (Å²) >= 11 is 0. The highest BCUT2D eigenvalue weighted by Gasteiger charge is 1.94. The molecule has 3 heteroatoms. The molecule has 92 valence electrons. The second-order valence-electron chi connectivity index (χ2n) is 3.95. The molecule has 3 nitrogen and oxygen atoms in total. The number of carboxylic acid groups (broad SMARTS) is 1. The van der Waals surface area contributed by atoms with Crippen LogP contribution in [0.1, 0.15) is 52.4 Å². The maximum Gasteiger partial charge on any atom is 0.303 e. The molecule has 0 aliphatic heterocycles. The zero-order chi connectivity index (χ0) is 12.1. The fourth-order valence-electron chi connectivity index (χ4n) is 0.880. The van der Waals surface area contributed by atoms with E-state index < -0.39 is 5.97 Å². The summed E-state index contributed by atoms with van der Waals surface area (Å²) in [5.74, 6) is -0.670. The SMILES string of the molecule is CCCCCCCC(=O)O.CCN(C)C. The van der Waals surface area contributed by atoms with Gasteiger partial charge in [-0.25, -0.2) is 0 Å². The normalized spacial score (nSPS) is 9.67. The smallest absolute Gasteiger partial charge is 0.303 e. The average Bonchev–Trinajstić information content (AvgIpc) is 2.18. The summed E-state index contributed by atoms with van der Waals surface area (Å²) in [6.07, 6.45) is 5.88. The van der Waals surface area contributed by atoms with E-state index in [4.69, 9.17) is 5.11 Å². The van der Waals surface area contributed by atoms with Crippen molar-refractivity contribution in [3.8, 4) is 0 Å². The third-order valence-electron chi connectivity index (χ3n) is 2.13. The van der Waals surface area contributed by atoms with Gasteiger partial charge < -0.3 is 10.0 Å². The first-order valence-corrected chi connectivity index (χ1v) is 5.91. The van der Waals surface area contributed by atoms with Crippen LogP contribution in [0.4, 0.5) is 0 Å². The van der Waals surface area contributed by atoms with Crippen molar-refractivity contribution >= 4 is 5.97 Å². The second-order valence-corrected chi connectivity index (χ2v) is 3.95. The minimum absolute atomic E-state index is 0.337. The Morgan fingerprint density at radius 2 is 1.53 bits per heavy atom. The minimum Gasteiger partial charge on any atom is -0.481 e. The van der Waals surface area contributed by atoms with E-state index in [1.165, 1.54) is 19.3 Å². The molecule has 1 N–H and O–H groups in total. The molecule has 0 saturated carbocycles. The molecular weight excluding hydrogens is 190 g/mol. The van der Waals surface area contributed by atoms with Crippen LogP contribution in [0.15, 0.2) is 0 Å². The number of carboxylic acids is 1. The van der Waals surface area contributed by atoms with Gasteiger partial charge in [-0.05, 0) is 27.1 Å². The molecule has 0 aliphatic carbocycles. The van der Waals surface area contributed by atoms with E-state index in [0.29, 0.717) is 6.42 Å². The molecule has 0 aromatic heterocycles. The molecule has 0 unspecified atom stereocenters. The van der Waals surface area contributed by atoms with Crippen LogP contribution in [0, 0.1) is 0 Å². The summed E-state index contributed by atoms with van der Waals surface area (Å²) in [7, 11) is 4.11. The van der Waals surface area contributed by atoms with Crippen LogP contribution < -0.4 is 0 Å². The summed E-state index contributed by atoms with van der Waals surface area (Å²) in [5, 5.41) is 8.27. The van der Waals surface area contributed by atoms with E-state index in [1.54, 1.807) is 0 Å². The number of carbonyl (C=O) groups is 1. The summed E-state index contributed by atoms with van der Waals surface area (Å²) in [6, 6.07) is 0. The lowest BCUT2D eigenvalue weighted by Crippen LogP contribution is -2.08. The minimum atomic E-state index is -0.670. The fraction of sp³-hybridized carbons (Fsp3) is 0.917. The van der Waals surface area contributed by atoms with E-state index in [2.05, 4.69) is 32.8 Å². The highest BCUT2D eigenvalue weighted by atomic mass is 16.4. The van der Waals surface area contributed by atoms with Crippen molar-refractivity contribution in [1.82, 2.24) is 4.90 Å². The van der Waals surface area contributed by atoms with Gasteiger partial charge in [-0.1, -0.05) is 39.5 Å². The monoisotopic (exact) mass is 217 g/mol. The predicted molar refractivity (Wildman–Crippen MR) is 65.2 cm³/mol. The van der Waals surface area contributed by atoms with E-state index >= 15 is 0 Å². The molecule has 0 atom stereocenters. The van der Waals surface area contributed by atoms with Gasteiger partial charge in [0.25, 0.3) is 0 Å². The number of hydrogen-bond donors (Lipinski definition) is 1. The van der Waals surface area contributed by atoms with E-state index in [1.807, 2.05) is 0 Å². The largest absolute Gasteiger partial charge is 0.481 e. The molecule has 0 spiro atoms.